The molecule has 1 aromatic carbocycles. The molecule has 0 N–H and O–H groups in total. The molecule has 0 fully saturated rings. The molecule has 0 aliphatic carbocycles. The molecule has 1 unspecified atom stereocenters. The average Bonchev–Trinajstić information content (AvgIpc) is 2.57. The summed E-state index contributed by atoms with van der Waals surface area (Å²) in [6, 6.07) is 8.82. The fourth-order valence-corrected chi connectivity index (χ4v) is 3.88. The number of ketones is 1. The first-order valence-electron chi connectivity index (χ1n) is 7.79. The molecule has 0 amide bonds. The van der Waals surface area contributed by atoms with Crippen LogP contribution in [0.4, 0.5) is 0 Å². The van der Waals surface area contributed by atoms with Gasteiger partial charge in [0, 0.05) is 25.9 Å². The van der Waals surface area contributed by atoms with Gasteiger partial charge in [-0.3, -0.25) is 4.79 Å². The Hall–Kier alpha value is -1.70. The lowest BCUT2D eigenvalue weighted by Gasteiger charge is -2.13. The van der Waals surface area contributed by atoms with Gasteiger partial charge >= 0.3 is 0 Å². The second-order valence-corrected chi connectivity index (χ2v) is 9.56. The Bertz CT molecular complexity index is 876. The highest BCUT2D eigenvalue weighted by Crippen LogP contribution is 2.25. The van der Waals surface area contributed by atoms with Gasteiger partial charge in [0.05, 0.1) is 10.3 Å². The van der Waals surface area contributed by atoms with Crippen molar-refractivity contribution in [2.24, 2.45) is 0 Å². The van der Waals surface area contributed by atoms with Crippen LogP contribution in [0.1, 0.15) is 28.4 Å². The molecule has 1 heterocycles. The van der Waals surface area contributed by atoms with Crippen LogP contribution >= 0.6 is 11.8 Å². The summed E-state index contributed by atoms with van der Waals surface area (Å²) in [5.41, 5.74) is 2.91. The zero-order valence-electron chi connectivity index (χ0n) is 15.0. The standard InChI is InChI=1S/C18H22N2O3S2/c1-12-6-7-15(10-13(12)2)18(21)14(3)24-17-9-8-16(11-19-17)25(22,23)20(4)5/h6-11,14H,1-5H3. The van der Waals surface area contributed by atoms with Crippen molar-refractivity contribution >= 4 is 27.6 Å². The summed E-state index contributed by atoms with van der Waals surface area (Å²) in [6.07, 6.45) is 1.32. The summed E-state index contributed by atoms with van der Waals surface area (Å²) in [7, 11) is -0.547. The number of carbonyl (C=O) groups is 1. The number of thioether (sulfide) groups is 1. The second kappa shape index (κ2) is 7.68. The third-order valence-electron chi connectivity index (χ3n) is 3.95. The lowest BCUT2D eigenvalue weighted by Crippen LogP contribution is -2.22. The van der Waals surface area contributed by atoms with Gasteiger partial charge in [-0.2, -0.15) is 0 Å². The molecule has 0 aliphatic rings. The highest BCUT2D eigenvalue weighted by Gasteiger charge is 2.20. The summed E-state index contributed by atoms with van der Waals surface area (Å²) in [6.45, 7) is 5.82. The van der Waals surface area contributed by atoms with Crippen molar-refractivity contribution in [3.05, 3.63) is 53.2 Å². The number of sulfonamides is 1. The molecule has 1 atom stereocenters. The Kier molecular flexibility index (Phi) is 6.03. The van der Waals surface area contributed by atoms with Gasteiger partial charge in [-0.1, -0.05) is 23.9 Å². The van der Waals surface area contributed by atoms with Crippen molar-refractivity contribution in [3.8, 4) is 0 Å². The van der Waals surface area contributed by atoms with Crippen LogP contribution in [0.3, 0.4) is 0 Å². The summed E-state index contributed by atoms with van der Waals surface area (Å²) in [5, 5.41) is 0.299. The highest BCUT2D eigenvalue weighted by molar-refractivity contribution is 8.00. The number of hydrogen-bond donors (Lipinski definition) is 0. The van der Waals surface area contributed by atoms with Crippen LogP contribution in [-0.2, 0) is 10.0 Å². The topological polar surface area (TPSA) is 67.3 Å². The van der Waals surface area contributed by atoms with Gasteiger partial charge in [0.2, 0.25) is 10.0 Å². The van der Waals surface area contributed by atoms with Crippen LogP contribution in [-0.4, -0.2) is 42.8 Å². The van der Waals surface area contributed by atoms with Gasteiger partial charge < -0.3 is 0 Å². The molecule has 0 saturated carbocycles. The zero-order valence-corrected chi connectivity index (χ0v) is 16.6. The lowest BCUT2D eigenvalue weighted by molar-refractivity contribution is 0.0994. The van der Waals surface area contributed by atoms with Crippen LogP contribution < -0.4 is 0 Å². The summed E-state index contributed by atoms with van der Waals surface area (Å²) >= 11 is 1.32. The number of carbonyl (C=O) groups excluding carboxylic acids is 1. The maximum atomic E-state index is 12.6. The van der Waals surface area contributed by atoms with Crippen LogP contribution in [0, 0.1) is 13.8 Å². The fraction of sp³-hybridized carbons (Fsp3) is 0.333. The van der Waals surface area contributed by atoms with Gasteiger partial charge in [-0.15, -0.1) is 0 Å². The minimum absolute atomic E-state index is 0.0277. The van der Waals surface area contributed by atoms with E-state index >= 15 is 0 Å². The molecule has 134 valence electrons. The van der Waals surface area contributed by atoms with E-state index in [1.165, 1.54) is 38.1 Å². The van der Waals surface area contributed by atoms with Crippen molar-refractivity contribution in [2.75, 3.05) is 14.1 Å². The molecule has 0 saturated heterocycles. The van der Waals surface area contributed by atoms with Gasteiger partial charge in [0.15, 0.2) is 5.78 Å². The van der Waals surface area contributed by atoms with Crippen LogP contribution in [0.5, 0.6) is 0 Å². The maximum Gasteiger partial charge on any atom is 0.244 e. The third kappa shape index (κ3) is 4.48. The second-order valence-electron chi connectivity index (χ2n) is 6.04. The molecule has 0 radical (unpaired) electrons. The number of rotatable bonds is 6. The minimum Gasteiger partial charge on any atom is -0.293 e. The molecule has 0 bridgehead atoms. The summed E-state index contributed by atoms with van der Waals surface area (Å²) in [4.78, 5) is 16.9. The molecule has 5 nitrogen and oxygen atoms in total. The maximum absolute atomic E-state index is 12.6. The largest absolute Gasteiger partial charge is 0.293 e. The van der Waals surface area contributed by atoms with Crippen molar-refractivity contribution in [1.29, 1.82) is 0 Å². The van der Waals surface area contributed by atoms with E-state index in [-0.39, 0.29) is 15.9 Å². The quantitative estimate of drug-likeness (QED) is 0.570. The van der Waals surface area contributed by atoms with Gasteiger partial charge in [-0.05, 0) is 50.1 Å². The Morgan fingerprint density at radius 3 is 2.32 bits per heavy atom. The van der Waals surface area contributed by atoms with E-state index in [1.54, 1.807) is 6.07 Å². The van der Waals surface area contributed by atoms with Crippen LogP contribution in [0.15, 0.2) is 46.5 Å². The average molecular weight is 379 g/mol. The fourth-order valence-electron chi connectivity index (χ4n) is 2.16. The Balaban J connectivity index is 2.13. The van der Waals surface area contributed by atoms with E-state index in [4.69, 9.17) is 0 Å². The zero-order chi connectivity index (χ0) is 18.8. The van der Waals surface area contributed by atoms with Crippen molar-refractivity contribution in [3.63, 3.8) is 0 Å². The molecule has 2 aromatic rings. The number of hydrogen-bond acceptors (Lipinski definition) is 5. The number of Topliss-reactive ketones (excluding diaryl/α,β-unsaturated/α-hetero) is 1. The molecular weight excluding hydrogens is 356 g/mol. The van der Waals surface area contributed by atoms with Crippen LogP contribution in [0.25, 0.3) is 0 Å². The number of nitrogens with zero attached hydrogens (tertiary/aromatic N) is 2. The van der Waals surface area contributed by atoms with E-state index < -0.39 is 10.0 Å². The third-order valence-corrected chi connectivity index (χ3v) is 6.80. The first kappa shape index (κ1) is 19.6. The van der Waals surface area contributed by atoms with E-state index in [0.717, 1.165) is 15.4 Å². The van der Waals surface area contributed by atoms with E-state index in [0.29, 0.717) is 10.6 Å². The predicted octanol–water partition coefficient (Wildman–Crippen LogP) is 3.31. The van der Waals surface area contributed by atoms with Crippen molar-refractivity contribution < 1.29 is 13.2 Å². The van der Waals surface area contributed by atoms with E-state index in [2.05, 4.69) is 4.98 Å². The predicted molar refractivity (Wildman–Crippen MR) is 101 cm³/mol. The Morgan fingerprint density at radius 2 is 1.80 bits per heavy atom. The first-order chi connectivity index (χ1) is 11.6. The Labute approximate surface area is 153 Å². The number of aryl methyl sites for hydroxylation is 2. The van der Waals surface area contributed by atoms with E-state index in [9.17, 15) is 13.2 Å². The van der Waals surface area contributed by atoms with Crippen molar-refractivity contribution in [2.45, 2.75) is 35.9 Å². The minimum atomic E-state index is -3.50. The van der Waals surface area contributed by atoms with Crippen molar-refractivity contribution in [1.82, 2.24) is 9.29 Å². The summed E-state index contributed by atoms with van der Waals surface area (Å²) < 4.78 is 25.2. The first-order valence-corrected chi connectivity index (χ1v) is 10.1. The number of benzene rings is 1. The molecular formula is C18H22N2O3S2. The molecule has 25 heavy (non-hydrogen) atoms. The highest BCUT2D eigenvalue weighted by atomic mass is 32.2. The normalized spacial score (nSPS) is 13.0. The molecule has 2 rings (SSSR count). The lowest BCUT2D eigenvalue weighted by atomic mass is 10.0. The number of aromatic nitrogens is 1. The van der Waals surface area contributed by atoms with Gasteiger partial charge in [0.1, 0.15) is 4.90 Å². The molecule has 0 spiro atoms. The van der Waals surface area contributed by atoms with E-state index in [1.807, 2.05) is 39.0 Å². The van der Waals surface area contributed by atoms with Gasteiger partial charge in [-0.25, -0.2) is 17.7 Å². The smallest absolute Gasteiger partial charge is 0.244 e. The molecule has 0 aliphatic heterocycles. The molecule has 1 aromatic heterocycles. The Morgan fingerprint density at radius 1 is 1.12 bits per heavy atom. The van der Waals surface area contributed by atoms with Gasteiger partial charge in [0.25, 0.3) is 0 Å². The SMILES string of the molecule is Cc1ccc(C(=O)C(C)Sc2ccc(S(=O)(=O)N(C)C)cn2)cc1C. The monoisotopic (exact) mass is 378 g/mol. The van der Waals surface area contributed by atoms with Crippen LogP contribution in [0.2, 0.25) is 0 Å². The number of pyridine rings is 1. The molecule has 7 heteroatoms. The summed E-state index contributed by atoms with van der Waals surface area (Å²) in [5.74, 6) is 0.0277.